The zero-order chi connectivity index (χ0) is 25.3. The molecule has 2 heteroatoms. The van der Waals surface area contributed by atoms with E-state index in [1.54, 1.807) is 0 Å². The molecule has 0 aromatic heterocycles. The van der Waals surface area contributed by atoms with Crippen LogP contribution in [0.25, 0.3) is 22.3 Å². The van der Waals surface area contributed by atoms with Crippen molar-refractivity contribution < 1.29 is 9.47 Å². The molecule has 0 aliphatic carbocycles. The second-order valence-electron chi connectivity index (χ2n) is 9.87. The van der Waals surface area contributed by atoms with Gasteiger partial charge in [-0.05, 0) is 59.4 Å². The Labute approximate surface area is 220 Å². The van der Waals surface area contributed by atoms with E-state index in [2.05, 4.69) is 86.6 Å². The van der Waals surface area contributed by atoms with Gasteiger partial charge in [-0.1, -0.05) is 127 Å². The van der Waals surface area contributed by atoms with E-state index >= 15 is 0 Å². The maximum atomic E-state index is 6.03. The average molecular weight is 487 g/mol. The fourth-order valence-electron chi connectivity index (χ4n) is 4.53. The molecule has 0 atom stereocenters. The number of hydrogen-bond donors (Lipinski definition) is 0. The minimum Gasteiger partial charge on any atom is -0.494 e. The highest BCUT2D eigenvalue weighted by molar-refractivity contribution is 5.71. The summed E-state index contributed by atoms with van der Waals surface area (Å²) in [5.41, 5.74) is 4.80. The summed E-state index contributed by atoms with van der Waals surface area (Å²) in [4.78, 5) is 0. The Morgan fingerprint density at radius 2 is 0.806 bits per heavy atom. The molecule has 0 heterocycles. The molecule has 0 fully saturated rings. The predicted molar refractivity (Wildman–Crippen MR) is 155 cm³/mol. The molecule has 0 spiro atoms. The van der Waals surface area contributed by atoms with Crippen LogP contribution in [0.5, 0.6) is 11.5 Å². The normalized spacial score (nSPS) is 10.9. The van der Waals surface area contributed by atoms with Crippen molar-refractivity contribution in [3.63, 3.8) is 0 Å². The lowest BCUT2D eigenvalue weighted by Gasteiger charge is -2.10. The van der Waals surface area contributed by atoms with Crippen LogP contribution in [-0.2, 0) is 0 Å². The molecule has 0 amide bonds. The summed E-state index contributed by atoms with van der Waals surface area (Å²) in [5.74, 6) is 1.92. The van der Waals surface area contributed by atoms with Gasteiger partial charge in [0.05, 0.1) is 13.2 Å². The zero-order valence-electron chi connectivity index (χ0n) is 22.6. The van der Waals surface area contributed by atoms with E-state index in [1.165, 1.54) is 86.5 Å². The second kappa shape index (κ2) is 16.8. The molecule has 2 nitrogen and oxygen atoms in total. The van der Waals surface area contributed by atoms with Crippen molar-refractivity contribution in [3.8, 4) is 33.8 Å². The standard InChI is InChI=1S/C34H46O2/c1-3-5-7-9-11-13-25-35-33-19-15-17-31(27-33)29-21-23-30(24-22-29)32-18-16-20-34(28-32)36-26-14-12-10-8-6-4-2/h15-24,27-28H,3-14,25-26H2,1-2H3. The van der Waals surface area contributed by atoms with Gasteiger partial charge in [0.15, 0.2) is 0 Å². The molecule has 0 radical (unpaired) electrons. The van der Waals surface area contributed by atoms with Crippen molar-refractivity contribution in [2.75, 3.05) is 13.2 Å². The molecule has 194 valence electrons. The van der Waals surface area contributed by atoms with Crippen LogP contribution in [0, 0.1) is 0 Å². The third kappa shape index (κ3) is 10.1. The lowest BCUT2D eigenvalue weighted by atomic mass is 10.00. The van der Waals surface area contributed by atoms with Crippen LogP contribution in [0.4, 0.5) is 0 Å². The molecule has 0 bridgehead atoms. The van der Waals surface area contributed by atoms with Gasteiger partial charge < -0.3 is 9.47 Å². The van der Waals surface area contributed by atoms with Crippen LogP contribution in [0.3, 0.4) is 0 Å². The lowest BCUT2D eigenvalue weighted by molar-refractivity contribution is 0.304. The first kappa shape index (κ1) is 27.8. The van der Waals surface area contributed by atoms with Crippen molar-refractivity contribution in [1.82, 2.24) is 0 Å². The number of hydrogen-bond acceptors (Lipinski definition) is 2. The van der Waals surface area contributed by atoms with Gasteiger partial charge in [-0.25, -0.2) is 0 Å². The highest BCUT2D eigenvalue weighted by Gasteiger charge is 2.04. The molecular weight excluding hydrogens is 440 g/mol. The van der Waals surface area contributed by atoms with Gasteiger partial charge in [0.1, 0.15) is 11.5 Å². The Kier molecular flexibility index (Phi) is 13.0. The predicted octanol–water partition coefficient (Wildman–Crippen LogP) is 10.5. The van der Waals surface area contributed by atoms with Crippen molar-refractivity contribution >= 4 is 0 Å². The van der Waals surface area contributed by atoms with E-state index in [0.29, 0.717) is 0 Å². The molecule has 0 saturated carbocycles. The monoisotopic (exact) mass is 486 g/mol. The lowest BCUT2D eigenvalue weighted by Crippen LogP contribution is -1.97. The van der Waals surface area contributed by atoms with E-state index < -0.39 is 0 Å². The summed E-state index contributed by atoms with van der Waals surface area (Å²) < 4.78 is 12.1. The molecule has 0 N–H and O–H groups in total. The van der Waals surface area contributed by atoms with Crippen LogP contribution >= 0.6 is 0 Å². The second-order valence-corrected chi connectivity index (χ2v) is 9.87. The summed E-state index contributed by atoms with van der Waals surface area (Å²) in [6.45, 7) is 6.11. The highest BCUT2D eigenvalue weighted by Crippen LogP contribution is 2.29. The SMILES string of the molecule is CCCCCCCCOc1cccc(-c2ccc(-c3cccc(OCCCCCCCC)c3)cc2)c1. The summed E-state index contributed by atoms with van der Waals surface area (Å²) in [6.07, 6.45) is 15.4. The number of ether oxygens (including phenoxy) is 2. The van der Waals surface area contributed by atoms with Gasteiger partial charge in [-0.15, -0.1) is 0 Å². The van der Waals surface area contributed by atoms with Gasteiger partial charge in [-0.3, -0.25) is 0 Å². The molecular formula is C34H46O2. The Bertz CT molecular complexity index is 896. The van der Waals surface area contributed by atoms with E-state index in [1.807, 2.05) is 0 Å². The van der Waals surface area contributed by atoms with Crippen LogP contribution in [-0.4, -0.2) is 13.2 Å². The summed E-state index contributed by atoms with van der Waals surface area (Å²) in [7, 11) is 0. The Balaban J connectivity index is 1.49. The number of unbranched alkanes of at least 4 members (excludes halogenated alkanes) is 10. The van der Waals surface area contributed by atoms with Crippen LogP contribution < -0.4 is 9.47 Å². The topological polar surface area (TPSA) is 18.5 Å². The largest absolute Gasteiger partial charge is 0.494 e. The summed E-state index contributed by atoms with van der Waals surface area (Å²) in [5, 5.41) is 0. The fraction of sp³-hybridized carbons (Fsp3) is 0.471. The van der Waals surface area contributed by atoms with Gasteiger partial charge in [0, 0.05) is 0 Å². The first-order chi connectivity index (χ1) is 17.8. The molecule has 3 aromatic rings. The molecule has 3 rings (SSSR count). The molecule has 0 unspecified atom stereocenters. The quantitative estimate of drug-likeness (QED) is 0.166. The molecule has 36 heavy (non-hydrogen) atoms. The third-order valence-electron chi connectivity index (χ3n) is 6.75. The first-order valence-corrected chi connectivity index (χ1v) is 14.4. The first-order valence-electron chi connectivity index (χ1n) is 14.4. The Morgan fingerprint density at radius 1 is 0.417 bits per heavy atom. The maximum absolute atomic E-state index is 6.03. The Hall–Kier alpha value is -2.74. The average Bonchev–Trinajstić information content (AvgIpc) is 2.92. The number of rotatable bonds is 18. The third-order valence-corrected chi connectivity index (χ3v) is 6.75. The van der Waals surface area contributed by atoms with E-state index in [9.17, 15) is 0 Å². The van der Waals surface area contributed by atoms with Gasteiger partial charge in [0.2, 0.25) is 0 Å². The molecule has 0 aliphatic rings. The van der Waals surface area contributed by atoms with Gasteiger partial charge in [0.25, 0.3) is 0 Å². The summed E-state index contributed by atoms with van der Waals surface area (Å²) >= 11 is 0. The van der Waals surface area contributed by atoms with Crippen molar-refractivity contribution in [2.24, 2.45) is 0 Å². The zero-order valence-corrected chi connectivity index (χ0v) is 22.6. The van der Waals surface area contributed by atoms with Crippen LogP contribution in [0.15, 0.2) is 72.8 Å². The van der Waals surface area contributed by atoms with Gasteiger partial charge in [-0.2, -0.15) is 0 Å². The highest BCUT2D eigenvalue weighted by atomic mass is 16.5. The van der Waals surface area contributed by atoms with E-state index in [4.69, 9.17) is 9.47 Å². The van der Waals surface area contributed by atoms with E-state index in [0.717, 1.165) is 37.6 Å². The van der Waals surface area contributed by atoms with Crippen LogP contribution in [0.2, 0.25) is 0 Å². The molecule has 0 saturated heterocycles. The van der Waals surface area contributed by atoms with E-state index in [-0.39, 0.29) is 0 Å². The maximum Gasteiger partial charge on any atom is 0.119 e. The minimum absolute atomic E-state index is 0.797. The molecule has 3 aromatic carbocycles. The summed E-state index contributed by atoms with van der Waals surface area (Å²) in [6, 6.07) is 25.7. The smallest absolute Gasteiger partial charge is 0.119 e. The minimum atomic E-state index is 0.797. The fourth-order valence-corrected chi connectivity index (χ4v) is 4.53. The van der Waals surface area contributed by atoms with Crippen LogP contribution in [0.1, 0.15) is 90.9 Å². The Morgan fingerprint density at radius 3 is 1.22 bits per heavy atom. The molecule has 0 aliphatic heterocycles. The number of benzene rings is 3. The van der Waals surface area contributed by atoms with Crippen molar-refractivity contribution in [3.05, 3.63) is 72.8 Å². The van der Waals surface area contributed by atoms with Gasteiger partial charge >= 0.3 is 0 Å². The van der Waals surface area contributed by atoms with Crippen molar-refractivity contribution in [1.29, 1.82) is 0 Å². The van der Waals surface area contributed by atoms with Crippen molar-refractivity contribution in [2.45, 2.75) is 90.9 Å².